The van der Waals surface area contributed by atoms with Crippen LogP contribution in [-0.2, 0) is 16.1 Å². The van der Waals surface area contributed by atoms with Crippen molar-refractivity contribution in [3.63, 3.8) is 0 Å². The van der Waals surface area contributed by atoms with Gasteiger partial charge < -0.3 is 20.2 Å². The van der Waals surface area contributed by atoms with Crippen molar-refractivity contribution in [1.29, 1.82) is 0 Å². The quantitative estimate of drug-likeness (QED) is 0.232. The minimum absolute atomic E-state index is 0.113. The van der Waals surface area contributed by atoms with Gasteiger partial charge in [0.05, 0.1) is 41.1 Å². The number of hydrogen-bond acceptors (Lipinski definition) is 5. The number of rotatable bonds is 12. The minimum Gasteiger partial charge on any atom is -0.350 e. The lowest BCUT2D eigenvalue weighted by Gasteiger charge is -2.21. The van der Waals surface area contributed by atoms with Gasteiger partial charge in [0.2, 0.25) is 12.3 Å². The number of fused-ring (bicyclic) bond motifs is 1. The number of hydrogen-bond donors (Lipinski definition) is 3. The predicted octanol–water partition coefficient (Wildman–Crippen LogP) is 3.88. The Morgan fingerprint density at radius 3 is 2.90 bits per heavy atom. The molecule has 0 aliphatic rings. The molecule has 0 aliphatic heterocycles. The van der Waals surface area contributed by atoms with E-state index in [0.717, 1.165) is 22.6 Å². The van der Waals surface area contributed by atoms with Crippen LogP contribution in [0.15, 0.2) is 43.0 Å². The molecule has 8 nitrogen and oxygen atoms in total. The van der Waals surface area contributed by atoms with Crippen LogP contribution in [0.2, 0.25) is 0 Å². The number of nitrogens with zero attached hydrogens (tertiary/aromatic N) is 3. The number of allylic oxidation sites excluding steroid dienone is 1. The molecule has 204 valence electrons. The van der Waals surface area contributed by atoms with E-state index in [4.69, 9.17) is 0 Å². The van der Waals surface area contributed by atoms with Gasteiger partial charge in [0, 0.05) is 33.8 Å². The van der Waals surface area contributed by atoms with Crippen LogP contribution in [-0.4, -0.2) is 50.2 Å². The molecule has 3 aromatic heterocycles. The molecule has 0 saturated heterocycles. The molecule has 4 aromatic rings. The van der Waals surface area contributed by atoms with Gasteiger partial charge in [-0.2, -0.15) is 0 Å². The van der Waals surface area contributed by atoms with E-state index in [9.17, 15) is 18.4 Å². The molecule has 3 N–H and O–H groups in total. The van der Waals surface area contributed by atoms with E-state index in [1.807, 2.05) is 32.1 Å². The molecule has 0 radical (unpaired) electrons. The summed E-state index contributed by atoms with van der Waals surface area (Å²) in [7, 11) is 0. The van der Waals surface area contributed by atoms with Crippen LogP contribution >= 0.6 is 11.3 Å². The van der Waals surface area contributed by atoms with Crippen molar-refractivity contribution >= 4 is 46.8 Å². The molecule has 1 aromatic carbocycles. The molecule has 0 spiro atoms. The van der Waals surface area contributed by atoms with Gasteiger partial charge in [-0.25, -0.2) is 18.7 Å². The number of unbranched alkanes of at least 4 members (excludes halogenated alkanes) is 1. The molecule has 0 aliphatic carbocycles. The lowest BCUT2D eigenvalue weighted by atomic mass is 10.1. The van der Waals surface area contributed by atoms with Gasteiger partial charge in [-0.3, -0.25) is 9.59 Å². The average molecular weight is 553 g/mol. The molecule has 39 heavy (non-hydrogen) atoms. The van der Waals surface area contributed by atoms with Crippen molar-refractivity contribution in [2.24, 2.45) is 0 Å². The molecule has 11 heteroatoms. The highest BCUT2D eigenvalue weighted by Gasteiger charge is 2.16. The lowest BCUT2D eigenvalue weighted by Crippen LogP contribution is -2.38. The lowest BCUT2D eigenvalue weighted by molar-refractivity contribution is -0.132. The van der Waals surface area contributed by atoms with Crippen LogP contribution in [0, 0.1) is 5.82 Å². The third-order valence-electron chi connectivity index (χ3n) is 6.18. The molecular weight excluding hydrogens is 522 g/mol. The second-order valence-electron chi connectivity index (χ2n) is 9.15. The van der Waals surface area contributed by atoms with Crippen molar-refractivity contribution in [1.82, 2.24) is 30.2 Å². The maximum Gasteiger partial charge on any atom is 0.242 e. The van der Waals surface area contributed by atoms with E-state index >= 15 is 0 Å². The largest absolute Gasteiger partial charge is 0.350 e. The highest BCUT2D eigenvalue weighted by atomic mass is 32.1. The summed E-state index contributed by atoms with van der Waals surface area (Å²) in [5.74, 6) is -0.844. The Morgan fingerprint density at radius 1 is 1.33 bits per heavy atom. The number of thiophene rings is 1. The van der Waals surface area contributed by atoms with Crippen molar-refractivity contribution in [3.8, 4) is 10.4 Å². The highest BCUT2D eigenvalue weighted by Crippen LogP contribution is 2.35. The summed E-state index contributed by atoms with van der Waals surface area (Å²) in [4.78, 5) is 41.5. The Balaban J connectivity index is 1.63. The van der Waals surface area contributed by atoms with Crippen LogP contribution in [0.1, 0.15) is 43.3 Å². The maximum absolute atomic E-state index is 14.8. The summed E-state index contributed by atoms with van der Waals surface area (Å²) in [6.07, 6.45) is 6.85. The van der Waals surface area contributed by atoms with Crippen LogP contribution in [0.3, 0.4) is 0 Å². The molecule has 1 atom stereocenters. The van der Waals surface area contributed by atoms with Crippen LogP contribution in [0.25, 0.3) is 33.6 Å². The molecule has 4 rings (SSSR count). The number of benzene rings is 1. The van der Waals surface area contributed by atoms with E-state index < -0.39 is 5.83 Å². The third kappa shape index (κ3) is 6.85. The standard InChI is InChI=1S/C28H30F2N6O2S/c1-4-5-8-36(28(38)13-31-16-37)14-27-34-23(24(35-27)10-18(3)29)9-17(2)25-6-7-26(39-25)19-11-21-22(12-20(19)30)33-15-32-21/h6-7,9-12,15-17H,3-5,8,13-14H2,1-2H3,(H,31,37)(H,32,33)(H,34,35)/b23-9+,24-10+. The molecule has 2 amide bonds. The Bertz CT molecular complexity index is 1610. The van der Waals surface area contributed by atoms with Gasteiger partial charge in [-0.1, -0.05) is 26.8 Å². The third-order valence-corrected chi connectivity index (χ3v) is 7.50. The molecule has 0 bridgehead atoms. The first kappa shape index (κ1) is 27.9. The van der Waals surface area contributed by atoms with Crippen molar-refractivity contribution in [2.45, 2.75) is 39.2 Å². The number of imidazole rings is 2. The van der Waals surface area contributed by atoms with Crippen LogP contribution < -0.4 is 16.0 Å². The van der Waals surface area contributed by atoms with Crippen LogP contribution in [0.5, 0.6) is 0 Å². The Hall–Kier alpha value is -4.12. The van der Waals surface area contributed by atoms with Gasteiger partial charge in [0.15, 0.2) is 0 Å². The summed E-state index contributed by atoms with van der Waals surface area (Å²) in [5, 5.41) is 3.35. The van der Waals surface area contributed by atoms with E-state index in [0.29, 0.717) is 46.1 Å². The first-order valence-electron chi connectivity index (χ1n) is 12.6. The minimum atomic E-state index is -0.635. The zero-order valence-electron chi connectivity index (χ0n) is 21.8. The number of amides is 2. The summed E-state index contributed by atoms with van der Waals surface area (Å²) in [6.45, 7) is 7.90. The fourth-order valence-electron chi connectivity index (χ4n) is 4.19. The second-order valence-corrected chi connectivity index (χ2v) is 10.3. The predicted molar refractivity (Wildman–Crippen MR) is 149 cm³/mol. The Morgan fingerprint density at radius 2 is 2.15 bits per heavy atom. The highest BCUT2D eigenvalue weighted by molar-refractivity contribution is 7.15. The number of aromatic nitrogens is 4. The number of nitrogens with one attached hydrogen (secondary N) is 3. The summed E-state index contributed by atoms with van der Waals surface area (Å²) >= 11 is 1.46. The number of carbonyl (C=O) groups is 2. The van der Waals surface area contributed by atoms with Crippen molar-refractivity contribution in [3.05, 3.63) is 70.2 Å². The molecule has 1 unspecified atom stereocenters. The fourth-order valence-corrected chi connectivity index (χ4v) is 5.24. The van der Waals surface area contributed by atoms with Gasteiger partial charge in [-0.15, -0.1) is 11.3 Å². The second kappa shape index (κ2) is 12.6. The topological polar surface area (TPSA) is 107 Å². The maximum atomic E-state index is 14.8. The number of aromatic amines is 2. The van der Waals surface area contributed by atoms with E-state index in [1.54, 1.807) is 11.0 Å². The van der Waals surface area contributed by atoms with E-state index in [-0.39, 0.29) is 30.7 Å². The van der Waals surface area contributed by atoms with Gasteiger partial charge in [0.25, 0.3) is 0 Å². The van der Waals surface area contributed by atoms with E-state index in [2.05, 4.69) is 31.8 Å². The molecule has 3 heterocycles. The summed E-state index contributed by atoms with van der Waals surface area (Å²) in [5.41, 5.74) is 1.80. The molecule has 0 fully saturated rings. The zero-order chi connectivity index (χ0) is 27.9. The van der Waals surface area contributed by atoms with Gasteiger partial charge in [-0.05, 0) is 36.8 Å². The van der Waals surface area contributed by atoms with Crippen molar-refractivity contribution < 1.29 is 18.4 Å². The van der Waals surface area contributed by atoms with Crippen LogP contribution in [0.4, 0.5) is 8.78 Å². The number of halogens is 2. The smallest absolute Gasteiger partial charge is 0.242 e. The average Bonchev–Trinajstić information content (AvgIpc) is 3.64. The first-order chi connectivity index (χ1) is 18.8. The number of carbonyl (C=O) groups excluding carboxylic acids is 2. The SMILES string of the molecule is C=C(F)/C=c1/[nH]c(CN(CCCC)C(=O)CNC=O)n/c1=C/C(C)c1ccc(-c2cc3nc[nH]c3cc2F)s1. The van der Waals surface area contributed by atoms with Gasteiger partial charge >= 0.3 is 0 Å². The fraction of sp³-hybridized carbons (Fsp3) is 0.286. The monoisotopic (exact) mass is 552 g/mol. The van der Waals surface area contributed by atoms with Crippen molar-refractivity contribution in [2.75, 3.05) is 13.1 Å². The normalized spacial score (nSPS) is 13.1. The molecular formula is C28H30F2N6O2S. The zero-order valence-corrected chi connectivity index (χ0v) is 22.6. The van der Waals surface area contributed by atoms with E-state index in [1.165, 1.54) is 29.8 Å². The first-order valence-corrected chi connectivity index (χ1v) is 13.4. The Labute approximate surface area is 228 Å². The Kier molecular flexibility index (Phi) is 9.03. The van der Waals surface area contributed by atoms with Gasteiger partial charge in [0.1, 0.15) is 17.5 Å². The summed E-state index contributed by atoms with van der Waals surface area (Å²) in [6, 6.07) is 6.97. The molecule has 0 saturated carbocycles. The number of H-pyrrole nitrogens is 2. The summed E-state index contributed by atoms with van der Waals surface area (Å²) < 4.78 is 28.6.